The number of carbonyl (C=O) groups excluding carboxylic acids is 3. The van der Waals surface area contributed by atoms with Crippen LogP contribution in [0.3, 0.4) is 0 Å². The van der Waals surface area contributed by atoms with E-state index in [0.29, 0.717) is 31.7 Å². The Hall–Kier alpha value is -2.57. The van der Waals surface area contributed by atoms with Gasteiger partial charge >= 0.3 is 0 Å². The van der Waals surface area contributed by atoms with Gasteiger partial charge in [0.25, 0.3) is 5.91 Å². The SMILES string of the molecule is O=C(CNC(=O)COc1ccccc1)NCCCN1CCCCCC1=O. The topological polar surface area (TPSA) is 87.7 Å². The van der Waals surface area contributed by atoms with Crippen molar-refractivity contribution in [1.29, 1.82) is 0 Å². The third-order valence-electron chi connectivity index (χ3n) is 4.16. The predicted octanol–water partition coefficient (Wildman–Crippen LogP) is 1.09. The van der Waals surface area contributed by atoms with Crippen LogP contribution >= 0.6 is 0 Å². The third-order valence-corrected chi connectivity index (χ3v) is 4.16. The van der Waals surface area contributed by atoms with Gasteiger partial charge in [-0.2, -0.15) is 0 Å². The molecular weight excluding hydrogens is 334 g/mol. The molecule has 3 amide bonds. The molecule has 2 N–H and O–H groups in total. The second-order valence-corrected chi connectivity index (χ2v) is 6.27. The molecule has 7 heteroatoms. The molecule has 0 aliphatic carbocycles. The maximum atomic E-state index is 11.9. The molecule has 7 nitrogen and oxygen atoms in total. The largest absolute Gasteiger partial charge is 0.484 e. The molecule has 0 spiro atoms. The van der Waals surface area contributed by atoms with E-state index in [4.69, 9.17) is 4.74 Å². The van der Waals surface area contributed by atoms with E-state index in [1.807, 2.05) is 23.1 Å². The number of likely N-dealkylation sites (tertiary alicyclic amines) is 1. The van der Waals surface area contributed by atoms with Crippen molar-refractivity contribution in [3.05, 3.63) is 30.3 Å². The van der Waals surface area contributed by atoms with Gasteiger partial charge in [0, 0.05) is 26.1 Å². The minimum Gasteiger partial charge on any atom is -0.484 e. The van der Waals surface area contributed by atoms with Gasteiger partial charge in [-0.25, -0.2) is 0 Å². The minimum atomic E-state index is -0.348. The first kappa shape index (κ1) is 19.8. The highest BCUT2D eigenvalue weighted by atomic mass is 16.5. The molecule has 1 fully saturated rings. The first-order valence-electron chi connectivity index (χ1n) is 9.14. The summed E-state index contributed by atoms with van der Waals surface area (Å²) in [6.07, 6.45) is 4.47. The lowest BCUT2D eigenvalue weighted by atomic mass is 10.2. The number of carbonyl (C=O) groups is 3. The van der Waals surface area contributed by atoms with E-state index >= 15 is 0 Å². The molecule has 0 aromatic heterocycles. The van der Waals surface area contributed by atoms with E-state index in [1.54, 1.807) is 12.1 Å². The van der Waals surface area contributed by atoms with Crippen LogP contribution < -0.4 is 15.4 Å². The summed E-state index contributed by atoms with van der Waals surface area (Å²) in [5, 5.41) is 5.27. The lowest BCUT2D eigenvalue weighted by molar-refractivity contribution is -0.130. The number of amides is 3. The highest BCUT2D eigenvalue weighted by molar-refractivity contribution is 5.85. The molecule has 26 heavy (non-hydrogen) atoms. The van der Waals surface area contributed by atoms with E-state index in [0.717, 1.165) is 25.8 Å². The molecule has 1 aromatic rings. The van der Waals surface area contributed by atoms with E-state index in [9.17, 15) is 14.4 Å². The molecule has 1 aliphatic heterocycles. The molecule has 1 heterocycles. The van der Waals surface area contributed by atoms with Gasteiger partial charge in [-0.05, 0) is 31.4 Å². The molecular formula is C19H27N3O4. The number of rotatable bonds is 9. The Bertz CT molecular complexity index is 592. The monoisotopic (exact) mass is 361 g/mol. The zero-order valence-corrected chi connectivity index (χ0v) is 15.0. The normalized spacial score (nSPS) is 14.5. The Kier molecular flexibility index (Phi) is 8.45. The smallest absolute Gasteiger partial charge is 0.258 e. The van der Waals surface area contributed by atoms with E-state index in [1.165, 1.54) is 0 Å². The lowest BCUT2D eigenvalue weighted by Gasteiger charge is -2.20. The average Bonchev–Trinajstić information content (AvgIpc) is 2.87. The third kappa shape index (κ3) is 7.55. The maximum Gasteiger partial charge on any atom is 0.258 e. The molecule has 0 atom stereocenters. The van der Waals surface area contributed by atoms with E-state index in [2.05, 4.69) is 10.6 Å². The minimum absolute atomic E-state index is 0.0837. The summed E-state index contributed by atoms with van der Waals surface area (Å²) < 4.78 is 5.30. The Morgan fingerprint density at radius 2 is 1.85 bits per heavy atom. The van der Waals surface area contributed by atoms with Crippen molar-refractivity contribution in [2.24, 2.45) is 0 Å². The van der Waals surface area contributed by atoms with Crippen LogP contribution in [0.25, 0.3) is 0 Å². The Morgan fingerprint density at radius 3 is 2.65 bits per heavy atom. The molecule has 1 saturated heterocycles. The lowest BCUT2D eigenvalue weighted by Crippen LogP contribution is -2.40. The summed E-state index contributed by atoms with van der Waals surface area (Å²) in [4.78, 5) is 37.2. The molecule has 1 aliphatic rings. The van der Waals surface area contributed by atoms with Crippen molar-refractivity contribution >= 4 is 17.7 Å². The van der Waals surface area contributed by atoms with Crippen LogP contribution in [-0.4, -0.2) is 55.4 Å². The highest BCUT2D eigenvalue weighted by Gasteiger charge is 2.15. The van der Waals surface area contributed by atoms with E-state index in [-0.39, 0.29) is 30.9 Å². The van der Waals surface area contributed by atoms with E-state index < -0.39 is 0 Å². The average molecular weight is 361 g/mol. The number of para-hydroxylation sites is 1. The Morgan fingerprint density at radius 1 is 1.04 bits per heavy atom. The summed E-state index contributed by atoms with van der Waals surface area (Å²) in [6.45, 7) is 1.74. The predicted molar refractivity (Wildman–Crippen MR) is 97.6 cm³/mol. The first-order chi connectivity index (χ1) is 12.6. The number of nitrogens with zero attached hydrogens (tertiary/aromatic N) is 1. The van der Waals surface area contributed by atoms with Crippen LogP contribution in [0.1, 0.15) is 32.1 Å². The number of benzene rings is 1. The number of ether oxygens (including phenoxy) is 1. The fraction of sp³-hybridized carbons (Fsp3) is 0.526. The molecule has 142 valence electrons. The van der Waals surface area contributed by atoms with Crippen molar-refractivity contribution in [3.63, 3.8) is 0 Å². The summed E-state index contributed by atoms with van der Waals surface area (Å²) in [5.41, 5.74) is 0. The van der Waals surface area contributed by atoms with Crippen LogP contribution in [0.4, 0.5) is 0 Å². The fourth-order valence-corrected chi connectivity index (χ4v) is 2.73. The zero-order chi connectivity index (χ0) is 18.6. The summed E-state index contributed by atoms with van der Waals surface area (Å²) >= 11 is 0. The molecule has 0 radical (unpaired) electrons. The van der Waals surface area contributed by atoms with Crippen molar-refractivity contribution in [1.82, 2.24) is 15.5 Å². The van der Waals surface area contributed by atoms with Crippen molar-refractivity contribution < 1.29 is 19.1 Å². The van der Waals surface area contributed by atoms with Crippen molar-refractivity contribution in [3.8, 4) is 5.75 Å². The number of hydrogen-bond acceptors (Lipinski definition) is 4. The van der Waals surface area contributed by atoms with Gasteiger partial charge < -0.3 is 20.3 Å². The van der Waals surface area contributed by atoms with Gasteiger partial charge in [-0.15, -0.1) is 0 Å². The van der Waals surface area contributed by atoms with Crippen LogP contribution in [0.2, 0.25) is 0 Å². The first-order valence-corrected chi connectivity index (χ1v) is 9.14. The number of hydrogen-bond donors (Lipinski definition) is 2. The molecule has 0 saturated carbocycles. The molecule has 0 bridgehead atoms. The summed E-state index contributed by atoms with van der Waals surface area (Å²) in [6, 6.07) is 9.02. The zero-order valence-electron chi connectivity index (χ0n) is 15.0. The van der Waals surface area contributed by atoms with Gasteiger partial charge in [-0.3, -0.25) is 14.4 Å². The molecule has 1 aromatic carbocycles. The number of nitrogens with one attached hydrogen (secondary N) is 2. The van der Waals surface area contributed by atoms with Crippen molar-refractivity contribution in [2.75, 3.05) is 32.8 Å². The molecule has 0 unspecified atom stereocenters. The standard InChI is InChI=1S/C19H27N3O4/c23-17(14-21-18(24)15-26-16-8-3-1-4-9-16)20-11-7-13-22-12-6-2-5-10-19(22)25/h1,3-4,8-9H,2,5-7,10-15H2,(H,20,23)(H,21,24). The fourth-order valence-electron chi connectivity index (χ4n) is 2.73. The second-order valence-electron chi connectivity index (χ2n) is 6.27. The molecule has 2 rings (SSSR count). The van der Waals surface area contributed by atoms with Crippen molar-refractivity contribution in [2.45, 2.75) is 32.1 Å². The van der Waals surface area contributed by atoms with Crippen LogP contribution in [0.5, 0.6) is 5.75 Å². The van der Waals surface area contributed by atoms with Crippen LogP contribution in [-0.2, 0) is 14.4 Å². The Balaban J connectivity index is 1.53. The van der Waals surface area contributed by atoms with Crippen LogP contribution in [0, 0.1) is 0 Å². The van der Waals surface area contributed by atoms with Gasteiger partial charge in [-0.1, -0.05) is 24.6 Å². The summed E-state index contributed by atoms with van der Waals surface area (Å²) in [5.74, 6) is 0.217. The highest BCUT2D eigenvalue weighted by Crippen LogP contribution is 2.11. The van der Waals surface area contributed by atoms with Crippen LogP contribution in [0.15, 0.2) is 30.3 Å². The summed E-state index contributed by atoms with van der Waals surface area (Å²) in [7, 11) is 0. The van der Waals surface area contributed by atoms with Gasteiger partial charge in [0.15, 0.2) is 6.61 Å². The maximum absolute atomic E-state index is 11.9. The second kappa shape index (κ2) is 11.1. The van der Waals surface area contributed by atoms with Gasteiger partial charge in [0.1, 0.15) is 5.75 Å². The van der Waals surface area contributed by atoms with Gasteiger partial charge in [0.2, 0.25) is 11.8 Å². The Labute approximate surface area is 154 Å². The quantitative estimate of drug-likeness (QED) is 0.645. The van der Waals surface area contributed by atoms with Gasteiger partial charge in [0.05, 0.1) is 6.54 Å².